The molecule has 1 rings (SSSR count). The van der Waals surface area contributed by atoms with E-state index in [0.717, 1.165) is 31.8 Å². The van der Waals surface area contributed by atoms with E-state index in [2.05, 4.69) is 11.9 Å². The minimum atomic E-state index is -4.43. The van der Waals surface area contributed by atoms with E-state index in [0.29, 0.717) is 6.04 Å². The van der Waals surface area contributed by atoms with Crippen LogP contribution in [-0.2, 0) is 19.6 Å². The van der Waals surface area contributed by atoms with Gasteiger partial charge in [0.1, 0.15) is 6.10 Å². The van der Waals surface area contributed by atoms with Gasteiger partial charge in [0.15, 0.2) is 0 Å². The third-order valence-electron chi connectivity index (χ3n) is 3.08. The van der Waals surface area contributed by atoms with E-state index in [1.54, 1.807) is 0 Å². The Morgan fingerprint density at radius 1 is 1.42 bits per heavy atom. The van der Waals surface area contributed by atoms with Crippen LogP contribution in [0.3, 0.4) is 0 Å². The summed E-state index contributed by atoms with van der Waals surface area (Å²) in [7, 11) is -4.43. The van der Waals surface area contributed by atoms with Crippen molar-refractivity contribution in [3.8, 4) is 0 Å². The van der Waals surface area contributed by atoms with E-state index in [9.17, 15) is 17.8 Å². The molecule has 0 aromatic rings. The molecule has 0 saturated heterocycles. The van der Waals surface area contributed by atoms with Crippen LogP contribution in [0, 0.1) is 0 Å². The van der Waals surface area contributed by atoms with Crippen molar-refractivity contribution < 1.29 is 22.5 Å². The van der Waals surface area contributed by atoms with Crippen LogP contribution in [0.5, 0.6) is 0 Å². The number of hydrogen-bond donors (Lipinski definition) is 1. The molecular weight excluding hydrogens is 270 g/mol. The lowest BCUT2D eigenvalue weighted by molar-refractivity contribution is -0.141. The van der Waals surface area contributed by atoms with Crippen LogP contribution >= 0.6 is 0 Å². The number of esters is 1. The van der Waals surface area contributed by atoms with Crippen molar-refractivity contribution in [2.45, 2.75) is 44.2 Å². The van der Waals surface area contributed by atoms with Crippen molar-refractivity contribution in [1.29, 1.82) is 0 Å². The summed E-state index contributed by atoms with van der Waals surface area (Å²) in [5, 5.41) is 3.16. The first-order valence-electron chi connectivity index (χ1n) is 6.40. The number of ether oxygens (including phenoxy) is 1. The second-order valence-electron chi connectivity index (χ2n) is 4.73. The minimum absolute atomic E-state index is 0.172. The Bertz CT molecular complexity index is 400. The van der Waals surface area contributed by atoms with Crippen molar-refractivity contribution in [1.82, 2.24) is 5.32 Å². The molecule has 0 aromatic carbocycles. The number of carbonyl (C=O) groups excluding carboxylic acids is 1. The van der Waals surface area contributed by atoms with Crippen molar-refractivity contribution in [3.63, 3.8) is 0 Å². The Morgan fingerprint density at radius 3 is 2.58 bits per heavy atom. The van der Waals surface area contributed by atoms with E-state index < -0.39 is 27.9 Å². The molecule has 0 aromatic heterocycles. The van der Waals surface area contributed by atoms with Gasteiger partial charge in [-0.1, -0.05) is 25.8 Å². The van der Waals surface area contributed by atoms with Crippen LogP contribution < -0.4 is 5.32 Å². The van der Waals surface area contributed by atoms with Crippen molar-refractivity contribution in [2.75, 3.05) is 12.3 Å². The van der Waals surface area contributed by atoms with Crippen LogP contribution in [0.15, 0.2) is 12.7 Å². The van der Waals surface area contributed by atoms with Gasteiger partial charge >= 0.3 is 5.97 Å². The van der Waals surface area contributed by atoms with E-state index in [1.807, 2.05) is 0 Å². The predicted molar refractivity (Wildman–Crippen MR) is 69.5 cm³/mol. The van der Waals surface area contributed by atoms with Gasteiger partial charge in [-0.25, -0.2) is 13.2 Å². The summed E-state index contributed by atoms with van der Waals surface area (Å²) in [5.74, 6) is -1.44. The van der Waals surface area contributed by atoms with E-state index in [4.69, 9.17) is 4.74 Å². The van der Waals surface area contributed by atoms with E-state index in [-0.39, 0.29) is 6.54 Å². The topological polar surface area (TPSA) is 95.5 Å². The molecule has 110 valence electrons. The lowest BCUT2D eigenvalue weighted by atomic mass is 9.95. The number of nitrogens with one attached hydrogen (secondary N) is 1. The normalized spacial score (nSPS) is 18.8. The summed E-state index contributed by atoms with van der Waals surface area (Å²) < 4.78 is 37.2. The van der Waals surface area contributed by atoms with E-state index in [1.165, 1.54) is 6.42 Å². The summed E-state index contributed by atoms with van der Waals surface area (Å²) in [6.07, 6.45) is 5.50. The Morgan fingerprint density at radius 2 is 2.05 bits per heavy atom. The molecule has 0 spiro atoms. The lowest BCUT2D eigenvalue weighted by Gasteiger charge is -2.26. The molecular formula is C12H20NO5S-. The SMILES string of the molecule is C=CC(=O)OC(CNC1CCCCC1)CS(=O)(=O)[O-]. The summed E-state index contributed by atoms with van der Waals surface area (Å²) in [6, 6.07) is 0.299. The van der Waals surface area contributed by atoms with Crippen LogP contribution in [0.4, 0.5) is 0 Å². The molecule has 7 heteroatoms. The highest BCUT2D eigenvalue weighted by atomic mass is 32.2. The molecule has 0 heterocycles. The van der Waals surface area contributed by atoms with Gasteiger partial charge in [-0.05, 0) is 12.8 Å². The molecule has 1 N–H and O–H groups in total. The van der Waals surface area contributed by atoms with Crippen molar-refractivity contribution in [3.05, 3.63) is 12.7 Å². The van der Waals surface area contributed by atoms with Crippen LogP contribution in [0.25, 0.3) is 0 Å². The third-order valence-corrected chi connectivity index (χ3v) is 3.86. The molecule has 0 aliphatic heterocycles. The van der Waals surface area contributed by atoms with E-state index >= 15 is 0 Å². The fraction of sp³-hybridized carbons (Fsp3) is 0.750. The summed E-state index contributed by atoms with van der Waals surface area (Å²) >= 11 is 0. The molecule has 1 atom stereocenters. The standard InChI is InChI=1S/C12H21NO5S/c1-2-12(14)18-11(9-19(15,16)17)8-13-10-6-4-3-5-7-10/h2,10-11,13H,1,3-9H2,(H,15,16,17)/p-1. The van der Waals surface area contributed by atoms with Gasteiger partial charge in [0.2, 0.25) is 0 Å². The van der Waals surface area contributed by atoms with Gasteiger partial charge in [0.05, 0.1) is 15.9 Å². The first-order valence-corrected chi connectivity index (χ1v) is 7.98. The van der Waals surface area contributed by atoms with Gasteiger partial charge in [-0.3, -0.25) is 0 Å². The van der Waals surface area contributed by atoms with Crippen molar-refractivity contribution in [2.24, 2.45) is 0 Å². The first-order chi connectivity index (χ1) is 8.90. The van der Waals surface area contributed by atoms with Gasteiger partial charge in [-0.15, -0.1) is 0 Å². The Hall–Kier alpha value is -0.920. The Labute approximate surface area is 114 Å². The Balaban J connectivity index is 2.47. The largest absolute Gasteiger partial charge is 0.748 e. The molecule has 0 radical (unpaired) electrons. The minimum Gasteiger partial charge on any atom is -0.748 e. The number of hydrogen-bond acceptors (Lipinski definition) is 6. The molecule has 1 saturated carbocycles. The summed E-state index contributed by atoms with van der Waals surface area (Å²) in [4.78, 5) is 11.1. The highest BCUT2D eigenvalue weighted by Gasteiger charge is 2.19. The average Bonchev–Trinajstić information content (AvgIpc) is 2.35. The van der Waals surface area contributed by atoms with Gasteiger partial charge in [0, 0.05) is 18.7 Å². The first kappa shape index (κ1) is 16.1. The maximum Gasteiger partial charge on any atom is 0.330 e. The van der Waals surface area contributed by atoms with Gasteiger partial charge in [0.25, 0.3) is 0 Å². The lowest BCUT2D eigenvalue weighted by Crippen LogP contribution is -2.41. The number of rotatable bonds is 7. The second kappa shape index (κ2) is 7.62. The van der Waals surface area contributed by atoms with Crippen LogP contribution in [0.1, 0.15) is 32.1 Å². The summed E-state index contributed by atoms with van der Waals surface area (Å²) in [6.45, 7) is 3.41. The molecule has 1 aliphatic rings. The molecule has 19 heavy (non-hydrogen) atoms. The molecule has 0 amide bonds. The summed E-state index contributed by atoms with van der Waals surface area (Å²) in [5.41, 5.74) is 0. The maximum absolute atomic E-state index is 11.1. The number of carbonyl (C=O) groups is 1. The monoisotopic (exact) mass is 290 g/mol. The Kier molecular flexibility index (Phi) is 6.47. The van der Waals surface area contributed by atoms with Crippen LogP contribution in [-0.4, -0.2) is 43.4 Å². The fourth-order valence-corrected chi connectivity index (χ4v) is 2.82. The predicted octanol–water partition coefficient (Wildman–Crippen LogP) is 0.552. The average molecular weight is 290 g/mol. The van der Waals surface area contributed by atoms with Crippen molar-refractivity contribution >= 4 is 16.1 Å². The highest BCUT2D eigenvalue weighted by molar-refractivity contribution is 7.85. The fourth-order valence-electron chi connectivity index (χ4n) is 2.18. The molecule has 6 nitrogen and oxygen atoms in total. The zero-order valence-corrected chi connectivity index (χ0v) is 11.7. The second-order valence-corrected chi connectivity index (χ2v) is 6.18. The maximum atomic E-state index is 11.1. The highest BCUT2D eigenvalue weighted by Crippen LogP contribution is 2.17. The zero-order chi connectivity index (χ0) is 14.3. The smallest absolute Gasteiger partial charge is 0.330 e. The zero-order valence-electron chi connectivity index (χ0n) is 10.8. The van der Waals surface area contributed by atoms with Gasteiger partial charge < -0.3 is 14.6 Å². The van der Waals surface area contributed by atoms with Crippen LogP contribution in [0.2, 0.25) is 0 Å². The molecule has 1 aliphatic carbocycles. The molecule has 0 bridgehead atoms. The van der Waals surface area contributed by atoms with Gasteiger partial charge in [-0.2, -0.15) is 0 Å². The molecule has 1 unspecified atom stereocenters. The molecule has 1 fully saturated rings. The third kappa shape index (κ3) is 7.29. The quantitative estimate of drug-likeness (QED) is 0.418.